The maximum Gasteiger partial charge on any atom is 0.283 e. The van der Waals surface area contributed by atoms with Crippen LogP contribution in [0.25, 0.3) is 0 Å². The molecule has 0 bridgehead atoms. The van der Waals surface area contributed by atoms with Crippen LogP contribution in [0.15, 0.2) is 12.1 Å². The Labute approximate surface area is 90.2 Å². The molecular weight excluding hydrogens is 214 g/mol. The van der Waals surface area contributed by atoms with Gasteiger partial charge in [-0.25, -0.2) is 0 Å². The molecule has 0 unspecified atom stereocenters. The smallest absolute Gasteiger partial charge is 0.283 e. The zero-order valence-electron chi connectivity index (χ0n) is 8.26. The summed E-state index contributed by atoms with van der Waals surface area (Å²) in [6.07, 6.45) is 0. The minimum absolute atomic E-state index is 0.0712. The van der Waals surface area contributed by atoms with Crippen LogP contribution in [-0.2, 0) is 0 Å². The van der Waals surface area contributed by atoms with E-state index in [1.165, 1.54) is 13.2 Å². The van der Waals surface area contributed by atoms with Crippen LogP contribution in [0.5, 0.6) is 5.75 Å². The van der Waals surface area contributed by atoms with Crippen molar-refractivity contribution in [2.75, 3.05) is 7.11 Å². The Bertz CT molecular complexity index is 504. The van der Waals surface area contributed by atoms with Crippen molar-refractivity contribution in [2.24, 2.45) is 5.73 Å². The lowest BCUT2D eigenvalue weighted by molar-refractivity contribution is -0.385. The van der Waals surface area contributed by atoms with Gasteiger partial charge in [-0.1, -0.05) is 0 Å². The van der Waals surface area contributed by atoms with Crippen molar-refractivity contribution >= 4 is 11.6 Å². The molecule has 0 saturated carbocycles. The van der Waals surface area contributed by atoms with E-state index in [1.807, 2.05) is 0 Å². The van der Waals surface area contributed by atoms with Crippen LogP contribution < -0.4 is 10.5 Å². The first-order valence-corrected chi connectivity index (χ1v) is 4.08. The lowest BCUT2D eigenvalue weighted by Gasteiger charge is -2.06. The van der Waals surface area contributed by atoms with Crippen LogP contribution in [0, 0.1) is 21.4 Å². The van der Waals surface area contributed by atoms with Crippen molar-refractivity contribution in [3.63, 3.8) is 0 Å². The molecule has 7 nitrogen and oxygen atoms in total. The summed E-state index contributed by atoms with van der Waals surface area (Å²) in [5.41, 5.74) is 3.82. The number of nitrogens with two attached hydrogens (primary N) is 1. The third-order valence-corrected chi connectivity index (χ3v) is 1.92. The van der Waals surface area contributed by atoms with Crippen LogP contribution in [0.2, 0.25) is 0 Å². The molecule has 1 aromatic rings. The summed E-state index contributed by atoms with van der Waals surface area (Å²) in [5, 5.41) is 19.5. The van der Waals surface area contributed by atoms with Crippen molar-refractivity contribution in [1.29, 1.82) is 5.26 Å². The van der Waals surface area contributed by atoms with E-state index < -0.39 is 22.1 Å². The molecule has 0 aliphatic rings. The zero-order chi connectivity index (χ0) is 12.3. The summed E-state index contributed by atoms with van der Waals surface area (Å²) in [4.78, 5) is 20.9. The molecule has 0 spiro atoms. The normalized spacial score (nSPS) is 9.25. The Kier molecular flexibility index (Phi) is 3.06. The lowest BCUT2D eigenvalue weighted by Crippen LogP contribution is -2.16. The van der Waals surface area contributed by atoms with Gasteiger partial charge in [0.2, 0.25) is 0 Å². The van der Waals surface area contributed by atoms with E-state index in [0.29, 0.717) is 0 Å². The van der Waals surface area contributed by atoms with Crippen molar-refractivity contribution in [1.82, 2.24) is 0 Å². The molecule has 0 aliphatic heterocycles. The molecule has 0 fully saturated rings. The summed E-state index contributed by atoms with van der Waals surface area (Å²) in [6, 6.07) is 3.97. The maximum absolute atomic E-state index is 11.1. The van der Waals surface area contributed by atoms with Crippen molar-refractivity contribution in [2.45, 2.75) is 0 Å². The highest BCUT2D eigenvalue weighted by molar-refractivity contribution is 6.00. The number of nitro groups is 1. The van der Waals surface area contributed by atoms with Gasteiger partial charge in [0.05, 0.1) is 12.0 Å². The predicted octanol–water partition coefficient (Wildman–Crippen LogP) is 0.574. The summed E-state index contributed by atoms with van der Waals surface area (Å²) in [7, 11) is 1.28. The van der Waals surface area contributed by atoms with Gasteiger partial charge in [-0.05, 0) is 6.07 Å². The van der Waals surface area contributed by atoms with Gasteiger partial charge < -0.3 is 10.5 Å². The summed E-state index contributed by atoms with van der Waals surface area (Å²) in [5.74, 6) is -0.968. The Morgan fingerprint density at radius 3 is 2.62 bits per heavy atom. The van der Waals surface area contributed by atoms with Gasteiger partial charge in [0.1, 0.15) is 22.9 Å². The van der Waals surface area contributed by atoms with Crippen molar-refractivity contribution in [3.8, 4) is 11.8 Å². The third-order valence-electron chi connectivity index (χ3n) is 1.92. The number of primary amides is 1. The van der Waals surface area contributed by atoms with Gasteiger partial charge in [-0.2, -0.15) is 5.26 Å². The van der Waals surface area contributed by atoms with Gasteiger partial charge in [0, 0.05) is 6.07 Å². The van der Waals surface area contributed by atoms with Crippen LogP contribution in [0.1, 0.15) is 15.9 Å². The molecule has 7 heteroatoms. The number of rotatable bonds is 3. The van der Waals surface area contributed by atoms with E-state index in [-0.39, 0.29) is 11.3 Å². The highest BCUT2D eigenvalue weighted by Gasteiger charge is 2.25. The van der Waals surface area contributed by atoms with E-state index >= 15 is 0 Å². The number of amides is 1. The number of hydrogen-bond acceptors (Lipinski definition) is 5. The third kappa shape index (κ3) is 1.76. The second-order valence-electron chi connectivity index (χ2n) is 2.77. The molecule has 1 aromatic carbocycles. The van der Waals surface area contributed by atoms with E-state index in [0.717, 1.165) is 6.07 Å². The second kappa shape index (κ2) is 4.27. The molecule has 0 aliphatic carbocycles. The van der Waals surface area contributed by atoms with Crippen molar-refractivity contribution < 1.29 is 14.5 Å². The number of nitro benzene ring substituents is 1. The average Bonchev–Trinajstić information content (AvgIpc) is 2.26. The molecule has 0 saturated heterocycles. The Balaban J connectivity index is 3.65. The second-order valence-corrected chi connectivity index (χ2v) is 2.77. The predicted molar refractivity (Wildman–Crippen MR) is 52.9 cm³/mol. The van der Waals surface area contributed by atoms with Gasteiger partial charge in [-0.15, -0.1) is 0 Å². The largest absolute Gasteiger partial charge is 0.495 e. The van der Waals surface area contributed by atoms with Crippen LogP contribution in [0.4, 0.5) is 5.69 Å². The number of carbonyl (C=O) groups excluding carboxylic acids is 1. The summed E-state index contributed by atoms with van der Waals surface area (Å²) < 4.78 is 4.81. The number of nitrogens with zero attached hydrogens (tertiary/aromatic N) is 2. The Hall–Kier alpha value is -2.62. The highest BCUT2D eigenvalue weighted by Crippen LogP contribution is 2.29. The van der Waals surface area contributed by atoms with E-state index in [4.69, 9.17) is 15.7 Å². The van der Waals surface area contributed by atoms with E-state index in [9.17, 15) is 14.9 Å². The summed E-state index contributed by atoms with van der Waals surface area (Å²) in [6.45, 7) is 0. The fourth-order valence-electron chi connectivity index (χ4n) is 1.26. The van der Waals surface area contributed by atoms with Crippen LogP contribution in [0.3, 0.4) is 0 Å². The molecule has 16 heavy (non-hydrogen) atoms. The molecule has 2 N–H and O–H groups in total. The highest BCUT2D eigenvalue weighted by atomic mass is 16.6. The molecule has 0 radical (unpaired) electrons. The number of ether oxygens (including phenoxy) is 1. The number of benzene rings is 1. The van der Waals surface area contributed by atoms with Crippen molar-refractivity contribution in [3.05, 3.63) is 33.4 Å². The zero-order valence-corrected chi connectivity index (χ0v) is 8.26. The fourth-order valence-corrected chi connectivity index (χ4v) is 1.26. The molecule has 0 heterocycles. The number of hydrogen-bond donors (Lipinski definition) is 1. The molecule has 0 atom stereocenters. The minimum Gasteiger partial charge on any atom is -0.495 e. The van der Waals surface area contributed by atoms with Gasteiger partial charge in [0.15, 0.2) is 0 Å². The monoisotopic (exact) mass is 221 g/mol. The standard InChI is InChI=1S/C9H7N3O4/c1-16-7-3-2-6(12(14)15)8(9(11)13)5(7)4-10/h2-3H,1H3,(H2,11,13). The fraction of sp³-hybridized carbons (Fsp3) is 0.111. The lowest BCUT2D eigenvalue weighted by atomic mass is 10.0. The maximum atomic E-state index is 11.1. The molecule has 82 valence electrons. The molecule has 1 amide bonds. The van der Waals surface area contributed by atoms with Gasteiger partial charge >= 0.3 is 0 Å². The Morgan fingerprint density at radius 2 is 2.25 bits per heavy atom. The van der Waals surface area contributed by atoms with Crippen LogP contribution in [-0.4, -0.2) is 17.9 Å². The quantitative estimate of drug-likeness (QED) is 0.591. The van der Waals surface area contributed by atoms with Gasteiger partial charge in [-0.3, -0.25) is 14.9 Å². The van der Waals surface area contributed by atoms with Gasteiger partial charge in [0.25, 0.3) is 11.6 Å². The molecule has 0 aromatic heterocycles. The summed E-state index contributed by atoms with van der Waals surface area (Å²) >= 11 is 0. The van der Waals surface area contributed by atoms with E-state index in [1.54, 1.807) is 6.07 Å². The molecular formula is C9H7N3O4. The minimum atomic E-state index is -1.04. The number of nitriles is 1. The SMILES string of the molecule is COc1ccc([N+](=O)[O-])c(C(N)=O)c1C#N. The Morgan fingerprint density at radius 1 is 1.62 bits per heavy atom. The topological polar surface area (TPSA) is 119 Å². The molecule has 1 rings (SSSR count). The first-order chi connectivity index (χ1) is 7.52. The first kappa shape index (κ1) is 11.5. The van der Waals surface area contributed by atoms with Crippen LogP contribution >= 0.6 is 0 Å². The number of carbonyl (C=O) groups is 1. The average molecular weight is 221 g/mol. The number of methoxy groups -OCH3 is 1. The van der Waals surface area contributed by atoms with E-state index in [2.05, 4.69) is 0 Å². The first-order valence-electron chi connectivity index (χ1n) is 4.08.